The highest BCUT2D eigenvalue weighted by Crippen LogP contribution is 2.39. The molecule has 0 radical (unpaired) electrons. The first-order valence-electron chi connectivity index (χ1n) is 10.7. The Morgan fingerprint density at radius 3 is 2.30 bits per heavy atom. The second-order valence-electron chi connectivity index (χ2n) is 8.33. The number of halogens is 4. The summed E-state index contributed by atoms with van der Waals surface area (Å²) in [6, 6.07) is 6.84. The molecule has 0 aromatic heterocycles. The van der Waals surface area contributed by atoms with Crippen molar-refractivity contribution in [1.82, 2.24) is 15.1 Å². The number of hydrogen-bond donors (Lipinski definition) is 2. The predicted octanol–water partition coefficient (Wildman–Crippen LogP) is 2.94. The molecule has 1 aromatic rings. The number of carbonyl (C=O) groups is 3. The molecule has 2 N–H and O–H groups in total. The van der Waals surface area contributed by atoms with Crippen LogP contribution in [0.25, 0.3) is 0 Å². The maximum absolute atomic E-state index is 13.5. The molecule has 1 spiro atoms. The smallest absolute Gasteiger partial charge is 0.475 e. The molecule has 11 heteroatoms. The van der Waals surface area contributed by atoms with Crippen LogP contribution in [0.5, 0.6) is 0 Å². The van der Waals surface area contributed by atoms with Crippen LogP contribution in [0.4, 0.5) is 17.6 Å². The van der Waals surface area contributed by atoms with E-state index in [9.17, 15) is 27.2 Å². The molecule has 0 aliphatic carbocycles. The van der Waals surface area contributed by atoms with Gasteiger partial charge in [-0.1, -0.05) is 12.1 Å². The molecule has 0 bridgehead atoms. The Bertz CT molecular complexity index is 849. The molecule has 2 saturated heterocycles. The predicted molar refractivity (Wildman–Crippen MR) is 112 cm³/mol. The molecule has 1 unspecified atom stereocenters. The van der Waals surface area contributed by atoms with Crippen LogP contribution in [0.3, 0.4) is 0 Å². The summed E-state index contributed by atoms with van der Waals surface area (Å²) in [6.45, 7) is 4.75. The molecule has 2 fully saturated rings. The zero-order chi connectivity index (χ0) is 24.6. The molecule has 2 aliphatic rings. The summed E-state index contributed by atoms with van der Waals surface area (Å²) in [6.07, 6.45) is 0.164. The number of nitrogens with one attached hydrogen (secondary N) is 1. The fourth-order valence-corrected chi connectivity index (χ4v) is 4.40. The van der Waals surface area contributed by atoms with Crippen LogP contribution in [-0.2, 0) is 20.9 Å². The zero-order valence-electron chi connectivity index (χ0n) is 18.5. The third kappa shape index (κ3) is 7.99. The number of carboxylic acids is 1. The minimum atomic E-state index is -5.08. The summed E-state index contributed by atoms with van der Waals surface area (Å²) >= 11 is 0. The second-order valence-corrected chi connectivity index (χ2v) is 8.33. The number of hydrogen-bond acceptors (Lipinski definition) is 4. The largest absolute Gasteiger partial charge is 0.490 e. The van der Waals surface area contributed by atoms with Gasteiger partial charge in [-0.05, 0) is 56.3 Å². The summed E-state index contributed by atoms with van der Waals surface area (Å²) in [5.41, 5.74) is 1.11. The Labute approximate surface area is 189 Å². The fourth-order valence-electron chi connectivity index (χ4n) is 4.40. The molecule has 1 aromatic carbocycles. The first-order valence-corrected chi connectivity index (χ1v) is 10.7. The van der Waals surface area contributed by atoms with Gasteiger partial charge in [0.2, 0.25) is 11.8 Å². The summed E-state index contributed by atoms with van der Waals surface area (Å²) in [7, 11) is 0. The number of carboxylic acid groups (broad SMARTS) is 1. The number of rotatable bonds is 4. The third-order valence-corrected chi connectivity index (χ3v) is 6.00. The molecule has 0 saturated carbocycles. The maximum Gasteiger partial charge on any atom is 0.490 e. The summed E-state index contributed by atoms with van der Waals surface area (Å²) < 4.78 is 45.3. The van der Waals surface area contributed by atoms with Crippen LogP contribution in [0, 0.1) is 5.82 Å². The van der Waals surface area contributed by atoms with E-state index in [1.807, 2.05) is 11.0 Å². The molecule has 7 nitrogen and oxygen atoms in total. The Morgan fingerprint density at radius 1 is 1.09 bits per heavy atom. The molecule has 3 rings (SSSR count). The second kappa shape index (κ2) is 11.4. The minimum Gasteiger partial charge on any atom is -0.475 e. The van der Waals surface area contributed by atoms with Gasteiger partial charge in [0, 0.05) is 32.1 Å². The lowest BCUT2D eigenvalue weighted by Crippen LogP contribution is -2.45. The lowest BCUT2D eigenvalue weighted by atomic mass is 9.87. The average molecular weight is 475 g/mol. The minimum absolute atomic E-state index is 0.00747. The van der Waals surface area contributed by atoms with E-state index in [1.165, 1.54) is 13.0 Å². The lowest BCUT2D eigenvalue weighted by Gasteiger charge is -2.38. The van der Waals surface area contributed by atoms with Crippen molar-refractivity contribution >= 4 is 17.8 Å². The van der Waals surface area contributed by atoms with E-state index in [-0.39, 0.29) is 29.7 Å². The first kappa shape index (κ1) is 26.6. The highest BCUT2D eigenvalue weighted by Gasteiger charge is 2.42. The maximum atomic E-state index is 13.5. The van der Waals surface area contributed by atoms with Crippen molar-refractivity contribution in [2.75, 3.05) is 26.2 Å². The van der Waals surface area contributed by atoms with E-state index in [1.54, 1.807) is 12.1 Å². The molecule has 2 aliphatic heterocycles. The summed E-state index contributed by atoms with van der Waals surface area (Å²) in [5, 5.41) is 9.72. The van der Waals surface area contributed by atoms with Crippen molar-refractivity contribution in [3.63, 3.8) is 0 Å². The van der Waals surface area contributed by atoms with Gasteiger partial charge >= 0.3 is 12.1 Å². The van der Waals surface area contributed by atoms with Crippen molar-refractivity contribution < 1.29 is 37.1 Å². The lowest BCUT2D eigenvalue weighted by molar-refractivity contribution is -0.192. The Hall–Kier alpha value is -2.69. The molecule has 184 valence electrons. The van der Waals surface area contributed by atoms with Gasteiger partial charge in [-0.15, -0.1) is 0 Å². The normalized spacial score (nSPS) is 21.2. The topological polar surface area (TPSA) is 90.0 Å². The number of nitrogens with zero attached hydrogens (tertiary/aromatic N) is 2. The number of amides is 2. The van der Waals surface area contributed by atoms with Gasteiger partial charge in [0.05, 0.1) is 6.54 Å². The zero-order valence-corrected chi connectivity index (χ0v) is 18.5. The standard InChI is InChI=1S/C20H28FN3O2.C2HF3O2/c1-16(25)22-14-19(26)23-10-3-7-20(9-12-23)8-4-11-24(20)15-17-5-2-6-18(21)13-17;3-2(4,5)1(6)7/h2,5-6,13H,3-4,7-12,14-15H2,1H3,(H,22,25);(H,6,7). The van der Waals surface area contributed by atoms with Crippen molar-refractivity contribution in [3.8, 4) is 0 Å². The highest BCUT2D eigenvalue weighted by molar-refractivity contribution is 5.83. The molecular weight excluding hydrogens is 446 g/mol. The quantitative estimate of drug-likeness (QED) is 0.654. The Morgan fingerprint density at radius 2 is 1.73 bits per heavy atom. The van der Waals surface area contributed by atoms with Crippen molar-refractivity contribution in [2.45, 2.75) is 57.3 Å². The van der Waals surface area contributed by atoms with Gasteiger partial charge in [0.25, 0.3) is 0 Å². The van der Waals surface area contributed by atoms with Crippen LogP contribution < -0.4 is 5.32 Å². The Kier molecular flexibility index (Phi) is 9.21. The van der Waals surface area contributed by atoms with Crippen LogP contribution in [0.1, 0.15) is 44.6 Å². The number of aliphatic carboxylic acids is 1. The number of carbonyl (C=O) groups excluding carboxylic acids is 2. The van der Waals surface area contributed by atoms with Crippen molar-refractivity contribution in [2.24, 2.45) is 0 Å². The fraction of sp³-hybridized carbons (Fsp3) is 0.591. The van der Waals surface area contributed by atoms with E-state index in [0.29, 0.717) is 0 Å². The molecular formula is C22H29F4N3O4. The van der Waals surface area contributed by atoms with Crippen molar-refractivity contribution in [1.29, 1.82) is 0 Å². The monoisotopic (exact) mass is 475 g/mol. The van der Waals surface area contributed by atoms with E-state index in [4.69, 9.17) is 9.90 Å². The average Bonchev–Trinajstić information content (AvgIpc) is 2.96. The number of alkyl halides is 3. The molecule has 1 atom stereocenters. The van der Waals surface area contributed by atoms with Gasteiger partial charge in [0.15, 0.2) is 0 Å². The van der Waals surface area contributed by atoms with Crippen LogP contribution in [0.2, 0.25) is 0 Å². The molecule has 2 heterocycles. The van der Waals surface area contributed by atoms with E-state index in [2.05, 4.69) is 10.2 Å². The van der Waals surface area contributed by atoms with Crippen molar-refractivity contribution in [3.05, 3.63) is 35.6 Å². The van der Waals surface area contributed by atoms with Gasteiger partial charge in [0.1, 0.15) is 5.82 Å². The summed E-state index contributed by atoms with van der Waals surface area (Å²) in [5.74, 6) is -3.13. The highest BCUT2D eigenvalue weighted by atomic mass is 19.4. The third-order valence-electron chi connectivity index (χ3n) is 6.00. The van der Waals surface area contributed by atoms with Gasteiger partial charge in [-0.3, -0.25) is 14.5 Å². The SMILES string of the molecule is CC(=O)NCC(=O)N1CCCC2(CCCN2Cc2cccc(F)c2)CC1.O=C(O)C(F)(F)F. The number of likely N-dealkylation sites (tertiary alicyclic amines) is 2. The van der Waals surface area contributed by atoms with Crippen LogP contribution in [0.15, 0.2) is 24.3 Å². The van der Waals surface area contributed by atoms with Gasteiger partial charge in [-0.2, -0.15) is 13.2 Å². The van der Waals surface area contributed by atoms with E-state index < -0.39 is 12.1 Å². The van der Waals surface area contributed by atoms with Crippen LogP contribution in [-0.4, -0.2) is 70.6 Å². The van der Waals surface area contributed by atoms with E-state index >= 15 is 0 Å². The van der Waals surface area contributed by atoms with E-state index in [0.717, 1.165) is 63.8 Å². The van der Waals surface area contributed by atoms with Crippen LogP contribution >= 0.6 is 0 Å². The Balaban J connectivity index is 0.000000479. The molecule has 33 heavy (non-hydrogen) atoms. The number of benzene rings is 1. The molecule has 2 amide bonds. The van der Waals surface area contributed by atoms with Gasteiger partial charge < -0.3 is 15.3 Å². The van der Waals surface area contributed by atoms with Gasteiger partial charge in [-0.25, -0.2) is 9.18 Å². The summed E-state index contributed by atoms with van der Waals surface area (Å²) in [4.78, 5) is 36.6. The first-order chi connectivity index (χ1) is 15.4.